The summed E-state index contributed by atoms with van der Waals surface area (Å²) in [7, 11) is 0. The molecule has 0 aliphatic carbocycles. The summed E-state index contributed by atoms with van der Waals surface area (Å²) < 4.78 is 1.96. The second-order valence-electron chi connectivity index (χ2n) is 5.09. The molecule has 0 aliphatic heterocycles. The first kappa shape index (κ1) is 14.5. The van der Waals surface area contributed by atoms with Crippen LogP contribution in [0.4, 0.5) is 0 Å². The van der Waals surface area contributed by atoms with Gasteiger partial charge in [-0.15, -0.1) is 11.3 Å². The molecule has 0 N–H and O–H groups in total. The highest BCUT2D eigenvalue weighted by molar-refractivity contribution is 7.10. The molecule has 110 valence electrons. The van der Waals surface area contributed by atoms with Crippen molar-refractivity contribution in [1.82, 2.24) is 9.55 Å². The summed E-state index contributed by atoms with van der Waals surface area (Å²) in [4.78, 5) is 17.2. The number of ketones is 1. The molecule has 0 aliphatic rings. The maximum absolute atomic E-state index is 12.9. The first-order valence-electron chi connectivity index (χ1n) is 7.09. The average Bonchev–Trinajstić information content (AvgIpc) is 3.11. The summed E-state index contributed by atoms with van der Waals surface area (Å²) in [6, 6.07) is 11.8. The smallest absolute Gasteiger partial charge is 0.203 e. The van der Waals surface area contributed by atoms with E-state index in [0.29, 0.717) is 17.2 Å². The zero-order valence-corrected chi connectivity index (χ0v) is 13.2. The summed E-state index contributed by atoms with van der Waals surface area (Å²) in [5.41, 5.74) is 2.42. The van der Waals surface area contributed by atoms with Crippen molar-refractivity contribution in [3.63, 3.8) is 0 Å². The molecule has 1 atom stereocenters. The van der Waals surface area contributed by atoms with Crippen LogP contribution in [-0.4, -0.2) is 15.3 Å². The molecule has 2 aromatic heterocycles. The number of carbonyl (C=O) groups excluding carboxylic acids is 1. The van der Waals surface area contributed by atoms with Crippen LogP contribution in [0.5, 0.6) is 0 Å². The number of benzene rings is 1. The molecule has 0 saturated carbocycles. The van der Waals surface area contributed by atoms with E-state index in [4.69, 9.17) is 0 Å². The summed E-state index contributed by atoms with van der Waals surface area (Å²) in [6.07, 6.45) is 0. The molecule has 3 rings (SSSR count). The Morgan fingerprint density at radius 3 is 2.86 bits per heavy atom. The van der Waals surface area contributed by atoms with Gasteiger partial charge in [0, 0.05) is 28.5 Å². The lowest BCUT2D eigenvalue weighted by Crippen LogP contribution is -2.15. The van der Waals surface area contributed by atoms with Crippen molar-refractivity contribution >= 4 is 28.0 Å². The van der Waals surface area contributed by atoms with E-state index in [-0.39, 0.29) is 5.78 Å². The standard InChI is InChI=1S/C17H15N3OS/c1-3-20-14-7-5-4-6-12(14)8-15(20)16(21)13(9-18)17-19-11(2)10-22-17/h4-8,10,13H,3H2,1-2H3/t13-/m1/s1. The van der Waals surface area contributed by atoms with Crippen LogP contribution >= 0.6 is 11.3 Å². The molecule has 2 heterocycles. The Bertz CT molecular complexity index is 885. The van der Waals surface area contributed by atoms with Crippen LogP contribution in [0.1, 0.15) is 34.0 Å². The second-order valence-corrected chi connectivity index (χ2v) is 5.98. The number of rotatable bonds is 4. The Morgan fingerprint density at radius 2 is 2.23 bits per heavy atom. The molecule has 3 aromatic rings. The number of nitriles is 1. The van der Waals surface area contributed by atoms with Gasteiger partial charge in [-0.3, -0.25) is 4.79 Å². The number of nitrogens with zero attached hydrogens (tertiary/aromatic N) is 3. The van der Waals surface area contributed by atoms with Gasteiger partial charge in [0.2, 0.25) is 5.78 Å². The Balaban J connectivity index is 2.10. The van der Waals surface area contributed by atoms with Crippen molar-refractivity contribution in [1.29, 1.82) is 5.26 Å². The summed E-state index contributed by atoms with van der Waals surface area (Å²) in [5, 5.41) is 12.9. The fourth-order valence-corrected chi connectivity index (χ4v) is 3.47. The summed E-state index contributed by atoms with van der Waals surface area (Å²) in [5.74, 6) is -1.02. The average molecular weight is 309 g/mol. The maximum atomic E-state index is 12.9. The van der Waals surface area contributed by atoms with Crippen LogP contribution in [0.15, 0.2) is 35.7 Å². The minimum atomic E-state index is -0.840. The number of aromatic nitrogens is 2. The molecular formula is C17H15N3OS. The third kappa shape index (κ3) is 2.32. The van der Waals surface area contributed by atoms with Crippen molar-refractivity contribution in [3.05, 3.63) is 52.1 Å². The number of carbonyl (C=O) groups is 1. The third-order valence-corrected chi connectivity index (χ3v) is 4.68. The fraction of sp³-hybridized carbons (Fsp3) is 0.235. The monoisotopic (exact) mass is 309 g/mol. The van der Waals surface area contributed by atoms with Gasteiger partial charge in [0.25, 0.3) is 0 Å². The number of Topliss-reactive ketones (excluding diaryl/α,β-unsaturated/α-hetero) is 1. The van der Waals surface area contributed by atoms with Gasteiger partial charge in [0.15, 0.2) is 5.92 Å². The van der Waals surface area contributed by atoms with Gasteiger partial charge in [0.1, 0.15) is 5.01 Å². The van der Waals surface area contributed by atoms with Gasteiger partial charge >= 0.3 is 0 Å². The van der Waals surface area contributed by atoms with E-state index < -0.39 is 5.92 Å². The molecule has 4 nitrogen and oxygen atoms in total. The number of hydrogen-bond donors (Lipinski definition) is 0. The lowest BCUT2D eigenvalue weighted by atomic mass is 10.0. The maximum Gasteiger partial charge on any atom is 0.203 e. The number of thiazole rings is 1. The van der Waals surface area contributed by atoms with Crippen LogP contribution in [0, 0.1) is 18.3 Å². The van der Waals surface area contributed by atoms with Gasteiger partial charge in [-0.05, 0) is 26.0 Å². The molecule has 0 spiro atoms. The van der Waals surface area contributed by atoms with Gasteiger partial charge in [-0.2, -0.15) is 5.26 Å². The van der Waals surface area contributed by atoms with Crippen molar-refractivity contribution in [3.8, 4) is 6.07 Å². The highest BCUT2D eigenvalue weighted by atomic mass is 32.1. The van der Waals surface area contributed by atoms with Crippen LogP contribution in [0.2, 0.25) is 0 Å². The first-order chi connectivity index (χ1) is 10.7. The molecule has 0 saturated heterocycles. The lowest BCUT2D eigenvalue weighted by molar-refractivity contribution is 0.0970. The fourth-order valence-electron chi connectivity index (χ4n) is 2.63. The van der Waals surface area contributed by atoms with E-state index >= 15 is 0 Å². The van der Waals surface area contributed by atoms with Crippen LogP contribution in [0.25, 0.3) is 10.9 Å². The molecular weight excluding hydrogens is 294 g/mol. The number of fused-ring (bicyclic) bond motifs is 1. The van der Waals surface area contributed by atoms with Gasteiger partial charge in [-0.1, -0.05) is 18.2 Å². The van der Waals surface area contributed by atoms with E-state index in [0.717, 1.165) is 16.6 Å². The van der Waals surface area contributed by atoms with Crippen LogP contribution in [-0.2, 0) is 6.54 Å². The summed E-state index contributed by atoms with van der Waals surface area (Å²) >= 11 is 1.36. The molecule has 5 heteroatoms. The highest BCUT2D eigenvalue weighted by Gasteiger charge is 2.27. The van der Waals surface area contributed by atoms with Crippen molar-refractivity contribution in [2.24, 2.45) is 0 Å². The first-order valence-corrected chi connectivity index (χ1v) is 7.97. The van der Waals surface area contributed by atoms with E-state index in [2.05, 4.69) is 11.1 Å². The van der Waals surface area contributed by atoms with Gasteiger partial charge in [-0.25, -0.2) is 4.98 Å². The number of para-hydroxylation sites is 1. The highest BCUT2D eigenvalue weighted by Crippen LogP contribution is 2.27. The van der Waals surface area contributed by atoms with E-state index in [1.807, 2.05) is 54.1 Å². The predicted octanol–water partition coefficient (Wildman–Crippen LogP) is 3.92. The van der Waals surface area contributed by atoms with Crippen molar-refractivity contribution < 1.29 is 4.79 Å². The van der Waals surface area contributed by atoms with E-state index in [1.165, 1.54) is 11.3 Å². The Hall–Kier alpha value is -2.45. The van der Waals surface area contributed by atoms with Gasteiger partial charge in [0.05, 0.1) is 11.8 Å². The third-order valence-electron chi connectivity index (χ3n) is 3.65. The van der Waals surface area contributed by atoms with Gasteiger partial charge < -0.3 is 4.57 Å². The van der Waals surface area contributed by atoms with E-state index in [1.54, 1.807) is 0 Å². The minimum absolute atomic E-state index is 0.185. The van der Waals surface area contributed by atoms with Crippen LogP contribution < -0.4 is 0 Å². The minimum Gasteiger partial charge on any atom is -0.338 e. The molecule has 22 heavy (non-hydrogen) atoms. The van der Waals surface area contributed by atoms with E-state index in [9.17, 15) is 10.1 Å². The molecule has 0 bridgehead atoms. The topological polar surface area (TPSA) is 58.7 Å². The molecule has 1 aromatic carbocycles. The lowest BCUT2D eigenvalue weighted by Gasteiger charge is -2.09. The molecule has 0 radical (unpaired) electrons. The SMILES string of the molecule is CCn1c(C(=O)[C@@H](C#N)c2nc(C)cs2)cc2ccccc21. The quantitative estimate of drug-likeness (QED) is 0.686. The zero-order valence-electron chi connectivity index (χ0n) is 12.4. The van der Waals surface area contributed by atoms with Crippen molar-refractivity contribution in [2.45, 2.75) is 26.3 Å². The largest absolute Gasteiger partial charge is 0.338 e. The number of aryl methyl sites for hydroxylation is 2. The Labute approximate surface area is 132 Å². The number of hydrogen-bond acceptors (Lipinski definition) is 4. The van der Waals surface area contributed by atoms with Crippen LogP contribution in [0.3, 0.4) is 0 Å². The predicted molar refractivity (Wildman–Crippen MR) is 87.1 cm³/mol. The Morgan fingerprint density at radius 1 is 1.45 bits per heavy atom. The summed E-state index contributed by atoms with van der Waals surface area (Å²) in [6.45, 7) is 4.55. The van der Waals surface area contributed by atoms with Crippen molar-refractivity contribution in [2.75, 3.05) is 0 Å². The molecule has 0 unspecified atom stereocenters. The zero-order chi connectivity index (χ0) is 15.7. The molecule has 0 amide bonds. The second kappa shape index (κ2) is 5.74. The molecule has 0 fully saturated rings. The normalized spacial score (nSPS) is 12.2. The Kier molecular flexibility index (Phi) is 3.78.